The molecule has 0 radical (unpaired) electrons. The Hall–Kier alpha value is -4.22. The van der Waals surface area contributed by atoms with E-state index in [1.54, 1.807) is 0 Å². The number of benzene rings is 4. The minimum absolute atomic E-state index is 0.0869. The number of aryl methyl sites for hydroxylation is 1. The maximum absolute atomic E-state index is 13.7. The molecule has 0 saturated carbocycles. The van der Waals surface area contributed by atoms with Gasteiger partial charge < -0.3 is 9.80 Å². The fourth-order valence-electron chi connectivity index (χ4n) is 5.49. The van der Waals surface area contributed by atoms with E-state index < -0.39 is 0 Å². The summed E-state index contributed by atoms with van der Waals surface area (Å²) in [5, 5.41) is 2.81. The van der Waals surface area contributed by atoms with Gasteiger partial charge in [0.15, 0.2) is 5.82 Å². The number of aromatic nitrogens is 2. The zero-order chi connectivity index (χ0) is 27.5. The number of fused-ring (bicyclic) bond motifs is 1. The average molecular weight is 547 g/mol. The van der Waals surface area contributed by atoms with E-state index in [2.05, 4.69) is 36.1 Å². The van der Waals surface area contributed by atoms with Crippen LogP contribution in [0.3, 0.4) is 0 Å². The molecule has 1 aromatic heterocycles. The number of hydrogen-bond donors (Lipinski definition) is 0. The first-order chi connectivity index (χ1) is 19.6. The molecular formula is C34H31ClN4O. The number of halogens is 1. The molecule has 0 spiro atoms. The molecule has 1 amide bonds. The summed E-state index contributed by atoms with van der Waals surface area (Å²) in [4.78, 5) is 28.1. The van der Waals surface area contributed by atoms with Crippen LogP contribution in [-0.4, -0.2) is 47.0 Å². The van der Waals surface area contributed by atoms with Crippen LogP contribution in [0.4, 0.5) is 5.82 Å². The van der Waals surface area contributed by atoms with Crippen molar-refractivity contribution in [2.24, 2.45) is 0 Å². The first kappa shape index (κ1) is 26.0. The van der Waals surface area contributed by atoms with Gasteiger partial charge in [-0.1, -0.05) is 90.5 Å². The molecule has 200 valence electrons. The molecule has 5 nitrogen and oxygen atoms in total. The zero-order valence-electron chi connectivity index (χ0n) is 22.6. The average Bonchev–Trinajstić information content (AvgIpc) is 3.25. The molecule has 1 aliphatic heterocycles. The highest BCUT2D eigenvalue weighted by molar-refractivity contribution is 6.30. The van der Waals surface area contributed by atoms with Gasteiger partial charge in [0.1, 0.15) is 5.82 Å². The maximum atomic E-state index is 13.7. The Morgan fingerprint density at radius 2 is 1.55 bits per heavy atom. The summed E-state index contributed by atoms with van der Waals surface area (Å²) in [6.07, 6.45) is 1.57. The number of carbonyl (C=O) groups excluding carboxylic acids is 1. The third-order valence-electron chi connectivity index (χ3n) is 7.62. The maximum Gasteiger partial charge on any atom is 0.254 e. The van der Waals surface area contributed by atoms with Crippen molar-refractivity contribution in [1.82, 2.24) is 14.9 Å². The minimum Gasteiger partial charge on any atom is -0.354 e. The standard InChI is InChI=1S/C34H31ClN4O/c1-24-31(23-25-15-17-28(35)18-16-25)33(37-32(36-24)27-10-3-2-4-11-27)38-19-8-20-39(22-21-38)34(40)30-14-7-12-26-9-5-6-13-29(26)30/h2-7,9-18H,8,19-23H2,1H3. The molecule has 1 fully saturated rings. The molecule has 0 atom stereocenters. The number of anilines is 1. The largest absolute Gasteiger partial charge is 0.354 e. The Kier molecular flexibility index (Phi) is 7.47. The van der Waals surface area contributed by atoms with E-state index in [9.17, 15) is 4.79 Å². The Labute approximate surface area is 240 Å². The van der Waals surface area contributed by atoms with Crippen LogP contribution >= 0.6 is 11.6 Å². The summed E-state index contributed by atoms with van der Waals surface area (Å²) in [7, 11) is 0. The second-order valence-electron chi connectivity index (χ2n) is 10.3. The van der Waals surface area contributed by atoms with E-state index in [1.807, 2.05) is 77.7 Å². The predicted molar refractivity (Wildman–Crippen MR) is 163 cm³/mol. The van der Waals surface area contributed by atoms with Crippen molar-refractivity contribution in [3.8, 4) is 11.4 Å². The fourth-order valence-corrected chi connectivity index (χ4v) is 5.61. The molecule has 5 aromatic rings. The number of carbonyl (C=O) groups is 1. The SMILES string of the molecule is Cc1nc(-c2ccccc2)nc(N2CCCN(C(=O)c3cccc4ccccc34)CC2)c1Cc1ccc(Cl)cc1. The summed E-state index contributed by atoms with van der Waals surface area (Å²) >= 11 is 6.16. The fraction of sp³-hybridized carbons (Fsp3) is 0.206. The summed E-state index contributed by atoms with van der Waals surface area (Å²) in [5.41, 5.74) is 4.99. The van der Waals surface area contributed by atoms with Gasteiger partial charge in [-0.2, -0.15) is 0 Å². The summed E-state index contributed by atoms with van der Waals surface area (Å²) in [5.74, 6) is 1.76. The van der Waals surface area contributed by atoms with E-state index in [-0.39, 0.29) is 5.91 Å². The van der Waals surface area contributed by atoms with Crippen molar-refractivity contribution < 1.29 is 4.79 Å². The van der Waals surface area contributed by atoms with Crippen molar-refractivity contribution >= 4 is 34.1 Å². The number of rotatable bonds is 5. The molecular weight excluding hydrogens is 516 g/mol. The van der Waals surface area contributed by atoms with Gasteiger partial charge in [-0.25, -0.2) is 9.97 Å². The highest BCUT2D eigenvalue weighted by atomic mass is 35.5. The van der Waals surface area contributed by atoms with Crippen LogP contribution in [0.1, 0.15) is 33.6 Å². The molecule has 40 heavy (non-hydrogen) atoms. The van der Waals surface area contributed by atoms with Crippen LogP contribution in [-0.2, 0) is 6.42 Å². The van der Waals surface area contributed by atoms with Crippen molar-refractivity contribution in [1.29, 1.82) is 0 Å². The molecule has 6 heteroatoms. The monoisotopic (exact) mass is 546 g/mol. The Morgan fingerprint density at radius 3 is 2.38 bits per heavy atom. The van der Waals surface area contributed by atoms with E-state index in [4.69, 9.17) is 21.6 Å². The van der Waals surface area contributed by atoms with Gasteiger partial charge in [0, 0.05) is 60.0 Å². The lowest BCUT2D eigenvalue weighted by molar-refractivity contribution is 0.0769. The van der Waals surface area contributed by atoms with Crippen molar-refractivity contribution in [2.75, 3.05) is 31.1 Å². The molecule has 0 aliphatic carbocycles. The highest BCUT2D eigenvalue weighted by Gasteiger charge is 2.25. The van der Waals surface area contributed by atoms with E-state index in [1.165, 1.54) is 0 Å². The highest BCUT2D eigenvalue weighted by Crippen LogP contribution is 2.29. The molecule has 1 aliphatic rings. The van der Waals surface area contributed by atoms with Gasteiger partial charge in [-0.3, -0.25) is 4.79 Å². The topological polar surface area (TPSA) is 49.3 Å². The lowest BCUT2D eigenvalue weighted by Gasteiger charge is -2.26. The van der Waals surface area contributed by atoms with Crippen LogP contribution in [0.2, 0.25) is 5.02 Å². The lowest BCUT2D eigenvalue weighted by Crippen LogP contribution is -2.36. The van der Waals surface area contributed by atoms with Crippen LogP contribution < -0.4 is 4.90 Å². The molecule has 6 rings (SSSR count). The van der Waals surface area contributed by atoms with Crippen LogP contribution in [0.15, 0.2) is 97.1 Å². The van der Waals surface area contributed by atoms with Gasteiger partial charge in [0.2, 0.25) is 0 Å². The summed E-state index contributed by atoms with van der Waals surface area (Å²) in [6, 6.07) is 32.1. The first-order valence-electron chi connectivity index (χ1n) is 13.8. The predicted octanol–water partition coefficient (Wildman–Crippen LogP) is 7.20. The lowest BCUT2D eigenvalue weighted by atomic mass is 10.0. The van der Waals surface area contributed by atoms with E-state index in [0.717, 1.165) is 68.4 Å². The zero-order valence-corrected chi connectivity index (χ0v) is 23.3. The van der Waals surface area contributed by atoms with Crippen molar-refractivity contribution in [3.63, 3.8) is 0 Å². The van der Waals surface area contributed by atoms with Crippen LogP contribution in [0.5, 0.6) is 0 Å². The van der Waals surface area contributed by atoms with Gasteiger partial charge in [0.25, 0.3) is 5.91 Å². The molecule has 4 aromatic carbocycles. The van der Waals surface area contributed by atoms with E-state index >= 15 is 0 Å². The van der Waals surface area contributed by atoms with Crippen molar-refractivity contribution in [3.05, 3.63) is 124 Å². The second-order valence-corrected chi connectivity index (χ2v) is 10.7. The Bertz CT molecular complexity index is 1650. The number of amides is 1. The molecule has 0 unspecified atom stereocenters. The number of hydrogen-bond acceptors (Lipinski definition) is 4. The number of nitrogens with zero attached hydrogens (tertiary/aromatic N) is 4. The molecule has 1 saturated heterocycles. The minimum atomic E-state index is 0.0869. The quantitative estimate of drug-likeness (QED) is 0.234. The van der Waals surface area contributed by atoms with E-state index in [0.29, 0.717) is 26.1 Å². The van der Waals surface area contributed by atoms with Crippen molar-refractivity contribution in [2.45, 2.75) is 19.8 Å². The van der Waals surface area contributed by atoms with Gasteiger partial charge >= 0.3 is 0 Å². The first-order valence-corrected chi connectivity index (χ1v) is 14.1. The molecule has 0 N–H and O–H groups in total. The van der Waals surface area contributed by atoms with Gasteiger partial charge in [0.05, 0.1) is 0 Å². The van der Waals surface area contributed by atoms with Crippen LogP contribution in [0, 0.1) is 6.92 Å². The summed E-state index contributed by atoms with van der Waals surface area (Å²) < 4.78 is 0. The normalized spacial score (nSPS) is 13.8. The van der Waals surface area contributed by atoms with Gasteiger partial charge in [-0.05, 0) is 47.9 Å². The molecule has 0 bridgehead atoms. The Morgan fingerprint density at radius 1 is 0.800 bits per heavy atom. The third kappa shape index (κ3) is 5.43. The Balaban J connectivity index is 1.32. The third-order valence-corrected chi connectivity index (χ3v) is 7.87. The van der Waals surface area contributed by atoms with Gasteiger partial charge in [-0.15, -0.1) is 0 Å². The second kappa shape index (κ2) is 11.5. The summed E-state index contributed by atoms with van der Waals surface area (Å²) in [6.45, 7) is 4.93. The van der Waals surface area contributed by atoms with Crippen LogP contribution in [0.25, 0.3) is 22.2 Å². The molecule has 2 heterocycles. The smallest absolute Gasteiger partial charge is 0.254 e.